The Bertz CT molecular complexity index is 1160. The number of halogens is 1. The first-order valence-corrected chi connectivity index (χ1v) is 12.2. The number of rotatable bonds is 7. The fourth-order valence-electron chi connectivity index (χ4n) is 4.10. The summed E-state index contributed by atoms with van der Waals surface area (Å²) >= 11 is 7.84. The van der Waals surface area contributed by atoms with Crippen LogP contribution < -0.4 is 9.62 Å². The number of hydrogen-bond donors (Lipinski definition) is 2. The van der Waals surface area contributed by atoms with Crippen molar-refractivity contribution >= 4 is 41.2 Å². The van der Waals surface area contributed by atoms with Gasteiger partial charge in [0.05, 0.1) is 16.1 Å². The summed E-state index contributed by atoms with van der Waals surface area (Å²) in [5.41, 5.74) is 2.23. The van der Waals surface area contributed by atoms with E-state index in [1.165, 1.54) is 17.5 Å². The Labute approximate surface area is 203 Å². The molecule has 1 unspecified atom stereocenters. The number of nitrogens with zero attached hydrogens (tertiary/aromatic N) is 3. The van der Waals surface area contributed by atoms with Crippen LogP contribution in [0.5, 0.6) is 0 Å². The lowest BCUT2D eigenvalue weighted by molar-refractivity contribution is -0.148. The quantitative estimate of drug-likeness (QED) is 0.390. The van der Waals surface area contributed by atoms with Gasteiger partial charge in [-0.05, 0) is 56.0 Å². The molecule has 8 heteroatoms. The van der Waals surface area contributed by atoms with E-state index in [4.69, 9.17) is 21.6 Å². The van der Waals surface area contributed by atoms with Crippen molar-refractivity contribution in [3.05, 3.63) is 65.2 Å². The molecule has 1 atom stereocenters. The highest BCUT2D eigenvalue weighted by molar-refractivity contribution is 8.00. The van der Waals surface area contributed by atoms with Gasteiger partial charge in [-0.1, -0.05) is 48.9 Å². The van der Waals surface area contributed by atoms with Gasteiger partial charge in [0.25, 0.3) is 0 Å². The van der Waals surface area contributed by atoms with Crippen LogP contribution in [0.15, 0.2) is 59.6 Å². The minimum atomic E-state index is -0.756. The summed E-state index contributed by atoms with van der Waals surface area (Å²) < 4.78 is 3.27. The summed E-state index contributed by atoms with van der Waals surface area (Å²) in [6.45, 7) is 5.18. The Kier molecular flexibility index (Phi) is 7.10. The molecule has 2 N–H and O–H groups in total. The second-order valence-electron chi connectivity index (χ2n) is 8.47. The van der Waals surface area contributed by atoms with Crippen LogP contribution in [0.25, 0.3) is 11.3 Å². The van der Waals surface area contributed by atoms with Crippen LogP contribution in [-0.4, -0.2) is 34.1 Å². The molecular formula is C25H27ClN4O2S. The second kappa shape index (κ2) is 10.0. The zero-order chi connectivity index (χ0) is 23.4. The molecule has 1 aliphatic heterocycles. The molecule has 6 nitrogen and oxygen atoms in total. The predicted molar refractivity (Wildman–Crippen MR) is 135 cm³/mol. The van der Waals surface area contributed by atoms with Gasteiger partial charge in [0.2, 0.25) is 0 Å². The molecule has 2 aromatic heterocycles. The molecule has 0 amide bonds. The number of carbonyl (C=O) groups is 1. The van der Waals surface area contributed by atoms with Crippen molar-refractivity contribution < 1.29 is 9.90 Å². The lowest BCUT2D eigenvalue weighted by Crippen LogP contribution is -2.46. The molecule has 0 saturated carbocycles. The van der Waals surface area contributed by atoms with Crippen LogP contribution in [-0.2, 0) is 11.2 Å². The molecule has 0 radical (unpaired) electrons. The fraction of sp³-hybridized carbons (Fsp3) is 0.320. The van der Waals surface area contributed by atoms with E-state index >= 15 is 0 Å². The van der Waals surface area contributed by atoms with Crippen molar-refractivity contribution in [1.82, 2.24) is 9.97 Å². The minimum Gasteiger partial charge on any atom is -0.481 e. The summed E-state index contributed by atoms with van der Waals surface area (Å²) in [5, 5.41) is 11.0. The molecule has 3 heterocycles. The van der Waals surface area contributed by atoms with Gasteiger partial charge in [0.1, 0.15) is 16.7 Å². The first-order chi connectivity index (χ1) is 15.9. The number of carboxylic acids is 1. The molecule has 33 heavy (non-hydrogen) atoms. The van der Waals surface area contributed by atoms with Crippen molar-refractivity contribution in [3.63, 3.8) is 0 Å². The minimum absolute atomic E-state index is 0.454. The van der Waals surface area contributed by atoms with Crippen molar-refractivity contribution in [2.75, 3.05) is 22.7 Å². The van der Waals surface area contributed by atoms with Crippen molar-refractivity contribution in [2.45, 2.75) is 38.1 Å². The van der Waals surface area contributed by atoms with E-state index in [1.807, 2.05) is 55.5 Å². The summed E-state index contributed by atoms with van der Waals surface area (Å²) in [6, 6.07) is 17.6. The number of carboxylic acid groups (broad SMARTS) is 1. The van der Waals surface area contributed by atoms with E-state index in [1.54, 1.807) is 0 Å². The highest BCUT2D eigenvalue weighted by Crippen LogP contribution is 2.34. The molecule has 172 valence electrons. The Morgan fingerprint density at radius 3 is 2.79 bits per heavy atom. The molecule has 3 aromatic rings. The van der Waals surface area contributed by atoms with Crippen LogP contribution in [0.2, 0.25) is 5.02 Å². The van der Waals surface area contributed by atoms with Crippen LogP contribution in [0.3, 0.4) is 0 Å². The largest absolute Gasteiger partial charge is 0.481 e. The number of nitrogens with one attached hydrogen (secondary N) is 1. The number of benzene rings is 1. The van der Waals surface area contributed by atoms with Crippen LogP contribution >= 0.6 is 23.5 Å². The number of hydrogen-bond acceptors (Lipinski definition) is 6. The Morgan fingerprint density at radius 1 is 1.18 bits per heavy atom. The summed E-state index contributed by atoms with van der Waals surface area (Å²) in [7, 11) is 0. The average Bonchev–Trinajstić information content (AvgIpc) is 2.83. The third-order valence-corrected chi connectivity index (χ3v) is 7.06. The van der Waals surface area contributed by atoms with E-state index in [0.717, 1.165) is 41.5 Å². The van der Waals surface area contributed by atoms with Gasteiger partial charge in [0.15, 0.2) is 0 Å². The van der Waals surface area contributed by atoms with Gasteiger partial charge in [-0.2, -0.15) is 0 Å². The standard InChI is InChI=1S/C25H27ClN4O2S/c1-3-17-8-4-5-9-18(17)23-19(26)12-13-20(27-23)29-33-22-11-6-10-21(28-22)30-15-7-14-25(2,16-30)24(31)32/h4-6,8-13H,3,7,14-16H2,1-2H3,(H,27,29)(H,31,32). The first kappa shape index (κ1) is 23.4. The van der Waals surface area contributed by atoms with E-state index < -0.39 is 11.4 Å². The van der Waals surface area contributed by atoms with Gasteiger partial charge in [-0.25, -0.2) is 9.97 Å². The highest BCUT2D eigenvalue weighted by Gasteiger charge is 2.38. The van der Waals surface area contributed by atoms with Gasteiger partial charge in [-0.15, -0.1) is 0 Å². The van der Waals surface area contributed by atoms with Crippen LogP contribution in [0.4, 0.5) is 11.6 Å². The summed E-state index contributed by atoms with van der Waals surface area (Å²) in [5.74, 6) is 0.721. The van der Waals surface area contributed by atoms with E-state index in [2.05, 4.69) is 22.6 Å². The van der Waals surface area contributed by atoms with Crippen LogP contribution in [0, 0.1) is 5.41 Å². The monoisotopic (exact) mass is 482 g/mol. The highest BCUT2D eigenvalue weighted by atomic mass is 35.5. The van der Waals surface area contributed by atoms with Crippen molar-refractivity contribution in [1.29, 1.82) is 0 Å². The van der Waals surface area contributed by atoms with Gasteiger partial charge in [-0.3, -0.25) is 4.79 Å². The maximum atomic E-state index is 11.7. The molecule has 1 aliphatic rings. The molecule has 0 aliphatic carbocycles. The van der Waals surface area contributed by atoms with Gasteiger partial charge < -0.3 is 14.7 Å². The molecule has 1 aromatic carbocycles. The molecule has 0 spiro atoms. The molecule has 1 fully saturated rings. The second-order valence-corrected chi connectivity index (χ2v) is 9.70. The maximum Gasteiger partial charge on any atom is 0.311 e. The number of anilines is 2. The molecule has 0 bridgehead atoms. The third kappa shape index (κ3) is 5.25. The normalized spacial score (nSPS) is 18.2. The number of pyridine rings is 2. The van der Waals surface area contributed by atoms with Gasteiger partial charge in [0, 0.05) is 30.6 Å². The third-order valence-electron chi connectivity index (χ3n) is 6.01. The zero-order valence-corrected chi connectivity index (χ0v) is 20.3. The SMILES string of the molecule is CCc1ccccc1-c1nc(NSc2cccc(N3CCCC(C)(C(=O)O)C3)n2)ccc1Cl. The maximum absolute atomic E-state index is 11.7. The lowest BCUT2D eigenvalue weighted by atomic mass is 9.82. The predicted octanol–water partition coefficient (Wildman–Crippen LogP) is 6.17. The number of aryl methyl sites for hydroxylation is 1. The number of aromatic nitrogens is 2. The lowest BCUT2D eigenvalue weighted by Gasteiger charge is -2.38. The fourth-order valence-corrected chi connectivity index (χ4v) is 4.91. The smallest absolute Gasteiger partial charge is 0.311 e. The van der Waals surface area contributed by atoms with E-state index in [9.17, 15) is 9.90 Å². The van der Waals surface area contributed by atoms with Crippen molar-refractivity contribution in [2.24, 2.45) is 5.41 Å². The zero-order valence-electron chi connectivity index (χ0n) is 18.7. The number of aliphatic carboxylic acids is 1. The van der Waals surface area contributed by atoms with E-state index in [-0.39, 0.29) is 0 Å². The van der Waals surface area contributed by atoms with Gasteiger partial charge >= 0.3 is 5.97 Å². The Balaban J connectivity index is 1.50. The topological polar surface area (TPSA) is 78.4 Å². The van der Waals surface area contributed by atoms with E-state index in [0.29, 0.717) is 23.8 Å². The van der Waals surface area contributed by atoms with Crippen molar-refractivity contribution in [3.8, 4) is 11.3 Å². The summed E-state index contributed by atoms with van der Waals surface area (Å²) in [6.07, 6.45) is 2.41. The Hall–Kier alpha value is -2.77. The molecular weight excluding hydrogens is 456 g/mol. The number of piperidine rings is 1. The molecule has 4 rings (SSSR count). The molecule has 1 saturated heterocycles. The first-order valence-electron chi connectivity index (χ1n) is 11.0. The average molecular weight is 483 g/mol. The van der Waals surface area contributed by atoms with Crippen LogP contribution in [0.1, 0.15) is 32.3 Å². The Morgan fingerprint density at radius 2 is 2.00 bits per heavy atom. The summed E-state index contributed by atoms with van der Waals surface area (Å²) in [4.78, 5) is 23.2.